The number of rotatable bonds is 9. The zero-order valence-corrected chi connectivity index (χ0v) is 25.9. The number of alkyl halides is 2. The number of carbonyl (C=O) groups is 2. The Kier molecular flexibility index (Phi) is 8.97. The van der Waals surface area contributed by atoms with E-state index in [9.17, 15) is 18.4 Å². The third-order valence-corrected chi connectivity index (χ3v) is 9.06. The van der Waals surface area contributed by atoms with Gasteiger partial charge >= 0.3 is 5.97 Å². The van der Waals surface area contributed by atoms with Gasteiger partial charge in [-0.3, -0.25) is 4.79 Å². The molecule has 2 aromatic rings. The molecule has 7 nitrogen and oxygen atoms in total. The molecule has 2 aliphatic heterocycles. The van der Waals surface area contributed by atoms with E-state index in [-0.39, 0.29) is 28.9 Å². The van der Waals surface area contributed by atoms with Gasteiger partial charge in [-0.15, -0.1) is 6.58 Å². The van der Waals surface area contributed by atoms with E-state index in [1.165, 1.54) is 37.5 Å². The molecule has 5 rings (SSSR count). The molecule has 3 aliphatic rings. The van der Waals surface area contributed by atoms with Crippen LogP contribution in [0.4, 0.5) is 8.78 Å². The molecule has 44 heavy (non-hydrogen) atoms. The molecule has 9 heteroatoms. The summed E-state index contributed by atoms with van der Waals surface area (Å²) in [5, 5.41) is 2.16. The Morgan fingerprint density at radius 1 is 1.09 bits per heavy atom. The van der Waals surface area contributed by atoms with Crippen molar-refractivity contribution >= 4 is 11.9 Å². The van der Waals surface area contributed by atoms with Gasteiger partial charge in [0.15, 0.2) is 0 Å². The first-order valence-electron chi connectivity index (χ1n) is 15.2. The number of hydrogen-bond donors (Lipinski definition) is 1. The lowest BCUT2D eigenvalue weighted by molar-refractivity contribution is -0.136. The smallest absolute Gasteiger partial charge is 0.334 e. The number of halogens is 2. The molecule has 1 amide bonds. The number of fused-ring (bicyclic) bond motifs is 1. The standard InChI is InChI=1S/C35H41F2N3O4/c1-6-17-35(36,37)27-9-13-29(14-10-27)44-28-11-7-26(8-12-28)32(41)39-18-15-25(16-19-39)21-40-22-30-24(3)31(33(42)43-5)23(2)20-34(30,4)38-40/h6-14,22-23,25,38H,1,15-21H2,2-5H3. The van der Waals surface area contributed by atoms with Gasteiger partial charge in [0, 0.05) is 49.0 Å². The van der Waals surface area contributed by atoms with Crippen LogP contribution in [-0.2, 0) is 15.5 Å². The van der Waals surface area contributed by atoms with Crippen LogP contribution < -0.4 is 10.2 Å². The molecule has 2 unspecified atom stereocenters. The molecule has 2 heterocycles. The number of piperidine rings is 1. The van der Waals surface area contributed by atoms with Gasteiger partial charge in [0.25, 0.3) is 11.8 Å². The van der Waals surface area contributed by atoms with Crippen LogP contribution in [-0.4, -0.2) is 54.1 Å². The summed E-state index contributed by atoms with van der Waals surface area (Å²) in [5.41, 5.74) is 6.83. The van der Waals surface area contributed by atoms with Gasteiger partial charge in [0.05, 0.1) is 12.6 Å². The van der Waals surface area contributed by atoms with Crippen molar-refractivity contribution in [3.63, 3.8) is 0 Å². The van der Waals surface area contributed by atoms with E-state index in [0.29, 0.717) is 36.1 Å². The molecule has 1 fully saturated rings. The first-order valence-corrected chi connectivity index (χ1v) is 15.2. The molecule has 0 bridgehead atoms. The van der Waals surface area contributed by atoms with Gasteiger partial charge in [-0.1, -0.05) is 13.0 Å². The van der Waals surface area contributed by atoms with E-state index >= 15 is 0 Å². The summed E-state index contributed by atoms with van der Waals surface area (Å²) in [7, 11) is 1.43. The Bertz CT molecular complexity index is 1460. The molecule has 1 N–H and O–H groups in total. The second kappa shape index (κ2) is 12.6. The van der Waals surface area contributed by atoms with Gasteiger partial charge in [0.1, 0.15) is 11.5 Å². The topological polar surface area (TPSA) is 71.1 Å². The number of carbonyl (C=O) groups excluding carboxylic acids is 2. The molecule has 2 atom stereocenters. The van der Waals surface area contributed by atoms with Gasteiger partial charge in [0.2, 0.25) is 0 Å². The maximum absolute atomic E-state index is 14.1. The van der Waals surface area contributed by atoms with Crippen molar-refractivity contribution in [2.75, 3.05) is 26.7 Å². The van der Waals surface area contributed by atoms with E-state index < -0.39 is 12.3 Å². The fourth-order valence-corrected chi connectivity index (χ4v) is 6.81. The highest BCUT2D eigenvalue weighted by Crippen LogP contribution is 2.44. The largest absolute Gasteiger partial charge is 0.466 e. The van der Waals surface area contributed by atoms with Crippen LogP contribution in [0, 0.1) is 11.8 Å². The summed E-state index contributed by atoms with van der Waals surface area (Å²) in [6.45, 7) is 11.8. The minimum atomic E-state index is -2.97. The van der Waals surface area contributed by atoms with Gasteiger partial charge in [-0.25, -0.2) is 19.0 Å². The second-order valence-electron chi connectivity index (χ2n) is 12.4. The molecule has 1 saturated heterocycles. The van der Waals surface area contributed by atoms with Gasteiger partial charge in [-0.05, 0) is 105 Å². The van der Waals surface area contributed by atoms with Crippen molar-refractivity contribution < 1.29 is 27.8 Å². The lowest BCUT2D eigenvalue weighted by atomic mass is 9.72. The Labute approximate surface area is 258 Å². The Balaban J connectivity index is 1.13. The van der Waals surface area contributed by atoms with Crippen LogP contribution in [0.5, 0.6) is 11.5 Å². The third-order valence-electron chi connectivity index (χ3n) is 9.06. The fourth-order valence-electron chi connectivity index (χ4n) is 6.81. The highest BCUT2D eigenvalue weighted by atomic mass is 19.3. The molecular formula is C35H41F2N3O4. The number of nitrogens with one attached hydrogen (secondary N) is 1. The van der Waals surface area contributed by atoms with Crippen molar-refractivity contribution in [3.05, 3.63) is 95.2 Å². The second-order valence-corrected chi connectivity index (χ2v) is 12.4. The minimum absolute atomic E-state index is 0.0196. The van der Waals surface area contributed by atoms with Crippen LogP contribution in [0.3, 0.4) is 0 Å². The SMILES string of the molecule is C=CCC(F)(F)c1ccc(Oc2ccc(C(=O)N3CCC(CN4C=C5C(C)=C(C(=O)OC)C(C)CC5(C)N4)CC3)cc2)cc1. The molecule has 0 spiro atoms. The normalized spacial score (nSPS) is 22.4. The molecule has 234 valence electrons. The fraction of sp³-hybridized carbons (Fsp3) is 0.429. The summed E-state index contributed by atoms with van der Waals surface area (Å²) in [6.07, 6.45) is 5.52. The van der Waals surface area contributed by atoms with E-state index in [0.717, 1.165) is 42.5 Å². The molecule has 0 saturated carbocycles. The quantitative estimate of drug-likeness (QED) is 0.245. The summed E-state index contributed by atoms with van der Waals surface area (Å²) >= 11 is 0. The average Bonchev–Trinajstić information content (AvgIpc) is 3.33. The zero-order valence-electron chi connectivity index (χ0n) is 25.9. The van der Waals surface area contributed by atoms with E-state index in [1.54, 1.807) is 24.3 Å². The number of hydrazine groups is 1. The maximum atomic E-state index is 14.1. The monoisotopic (exact) mass is 605 g/mol. The molecular weight excluding hydrogens is 564 g/mol. The number of likely N-dealkylation sites (tertiary alicyclic amines) is 1. The number of nitrogens with zero attached hydrogens (tertiary/aromatic N) is 2. The van der Waals surface area contributed by atoms with Crippen molar-refractivity contribution in [2.24, 2.45) is 11.8 Å². The van der Waals surface area contributed by atoms with Crippen LogP contribution in [0.15, 0.2) is 84.1 Å². The number of esters is 1. The van der Waals surface area contributed by atoms with Crippen LogP contribution in [0.1, 0.15) is 62.4 Å². The predicted octanol–water partition coefficient (Wildman–Crippen LogP) is 6.99. The zero-order chi connectivity index (χ0) is 31.6. The number of hydrogen-bond acceptors (Lipinski definition) is 6. The highest BCUT2D eigenvalue weighted by molar-refractivity contribution is 5.94. The first kappa shape index (κ1) is 31.4. The van der Waals surface area contributed by atoms with Gasteiger partial charge < -0.3 is 19.4 Å². The number of allylic oxidation sites excluding steroid dienone is 1. The Morgan fingerprint density at radius 3 is 2.30 bits per heavy atom. The van der Waals surface area contributed by atoms with E-state index in [4.69, 9.17) is 9.47 Å². The van der Waals surface area contributed by atoms with Crippen molar-refractivity contribution in [3.8, 4) is 11.5 Å². The maximum Gasteiger partial charge on any atom is 0.334 e. The summed E-state index contributed by atoms with van der Waals surface area (Å²) in [6, 6.07) is 12.6. The van der Waals surface area contributed by atoms with Crippen LogP contribution in [0.25, 0.3) is 0 Å². The Morgan fingerprint density at radius 2 is 1.70 bits per heavy atom. The Hall–Kier alpha value is -3.98. The van der Waals surface area contributed by atoms with Crippen molar-refractivity contribution in [1.29, 1.82) is 0 Å². The van der Waals surface area contributed by atoms with E-state index in [1.807, 2.05) is 11.8 Å². The van der Waals surface area contributed by atoms with Crippen molar-refractivity contribution in [1.82, 2.24) is 15.3 Å². The summed E-state index contributed by atoms with van der Waals surface area (Å²) < 4.78 is 39.0. The number of methoxy groups -OCH3 is 1. The van der Waals surface area contributed by atoms with Crippen LogP contribution >= 0.6 is 0 Å². The number of ether oxygens (including phenoxy) is 2. The minimum Gasteiger partial charge on any atom is -0.466 e. The summed E-state index contributed by atoms with van der Waals surface area (Å²) in [5.74, 6) is -1.77. The van der Waals surface area contributed by atoms with Crippen molar-refractivity contribution in [2.45, 2.75) is 57.9 Å². The molecule has 2 aromatic carbocycles. The molecule has 1 aliphatic carbocycles. The van der Waals surface area contributed by atoms with E-state index in [2.05, 4.69) is 37.1 Å². The lowest BCUT2D eigenvalue weighted by Gasteiger charge is -2.39. The number of benzene rings is 2. The molecule has 0 radical (unpaired) electrons. The predicted molar refractivity (Wildman–Crippen MR) is 165 cm³/mol. The molecule has 0 aromatic heterocycles. The lowest BCUT2D eigenvalue weighted by Crippen LogP contribution is -2.50. The third kappa shape index (κ3) is 6.43. The van der Waals surface area contributed by atoms with Crippen LogP contribution in [0.2, 0.25) is 0 Å². The first-order chi connectivity index (χ1) is 20.9. The summed E-state index contributed by atoms with van der Waals surface area (Å²) in [4.78, 5) is 27.5. The van der Waals surface area contributed by atoms with Gasteiger partial charge in [-0.2, -0.15) is 0 Å². The number of amides is 1. The highest BCUT2D eigenvalue weighted by Gasteiger charge is 2.45. The average molecular weight is 606 g/mol.